The molecule has 0 unspecified atom stereocenters. The molecule has 0 aromatic rings. The Hall–Kier alpha value is -0.260. The zero-order chi connectivity index (χ0) is 8.97. The van der Waals surface area contributed by atoms with E-state index in [0.29, 0.717) is 0 Å². The van der Waals surface area contributed by atoms with Crippen LogP contribution < -0.4 is 0 Å². The van der Waals surface area contributed by atoms with Gasteiger partial charge in [-0.3, -0.25) is 9.69 Å². The van der Waals surface area contributed by atoms with Crippen molar-refractivity contribution in [1.29, 1.82) is 0 Å². The highest BCUT2D eigenvalue weighted by atomic mass is 32.2. The van der Waals surface area contributed by atoms with Crippen molar-refractivity contribution in [2.45, 2.75) is 6.04 Å². The summed E-state index contributed by atoms with van der Waals surface area (Å²) < 4.78 is 0. The topological polar surface area (TPSA) is 60.8 Å². The van der Waals surface area contributed by atoms with Gasteiger partial charge in [-0.15, -0.1) is 0 Å². The van der Waals surface area contributed by atoms with E-state index < -0.39 is 12.0 Å². The highest BCUT2D eigenvalue weighted by Gasteiger charge is 2.25. The van der Waals surface area contributed by atoms with E-state index in [1.165, 1.54) is 0 Å². The summed E-state index contributed by atoms with van der Waals surface area (Å²) >= 11 is 1.82. The van der Waals surface area contributed by atoms with Gasteiger partial charge in [0, 0.05) is 24.6 Å². The minimum atomic E-state index is -0.926. The molecule has 0 aliphatic carbocycles. The third kappa shape index (κ3) is 2.36. The summed E-state index contributed by atoms with van der Waals surface area (Å²) in [5.74, 6) is 0.998. The third-order valence-electron chi connectivity index (χ3n) is 1.94. The maximum Gasteiger partial charge on any atom is 0.323 e. The maximum absolute atomic E-state index is 10.6. The van der Waals surface area contributed by atoms with Crippen LogP contribution in [0, 0.1) is 0 Å². The van der Waals surface area contributed by atoms with Gasteiger partial charge in [0.25, 0.3) is 0 Å². The molecule has 0 amide bonds. The van der Waals surface area contributed by atoms with Crippen LogP contribution in [0.5, 0.6) is 0 Å². The number of rotatable bonds is 3. The highest BCUT2D eigenvalue weighted by Crippen LogP contribution is 2.11. The van der Waals surface area contributed by atoms with Gasteiger partial charge in [-0.2, -0.15) is 11.8 Å². The SMILES string of the molecule is O=C(O)[C@@H](CO)N1CCSCC1. The number of carbonyl (C=O) groups is 1. The Labute approximate surface area is 75.6 Å². The first-order valence-electron chi connectivity index (χ1n) is 3.91. The lowest BCUT2D eigenvalue weighted by atomic mass is 10.2. The van der Waals surface area contributed by atoms with E-state index in [1.807, 2.05) is 16.7 Å². The summed E-state index contributed by atoms with van der Waals surface area (Å²) in [6.45, 7) is 1.24. The predicted molar refractivity (Wildman–Crippen MR) is 47.4 cm³/mol. The van der Waals surface area contributed by atoms with Crippen molar-refractivity contribution in [3.8, 4) is 0 Å². The minimum Gasteiger partial charge on any atom is -0.480 e. The fourth-order valence-corrected chi connectivity index (χ4v) is 2.17. The van der Waals surface area contributed by atoms with Gasteiger partial charge < -0.3 is 10.2 Å². The Morgan fingerprint density at radius 2 is 2.08 bits per heavy atom. The fraction of sp³-hybridized carbons (Fsp3) is 0.857. The van der Waals surface area contributed by atoms with E-state index >= 15 is 0 Å². The summed E-state index contributed by atoms with van der Waals surface area (Å²) in [6, 6.07) is -0.703. The molecule has 2 N–H and O–H groups in total. The van der Waals surface area contributed by atoms with Gasteiger partial charge >= 0.3 is 5.97 Å². The molecule has 1 heterocycles. The first-order chi connectivity index (χ1) is 5.75. The van der Waals surface area contributed by atoms with E-state index in [-0.39, 0.29) is 6.61 Å². The molecule has 0 bridgehead atoms. The van der Waals surface area contributed by atoms with Gasteiger partial charge in [0.2, 0.25) is 0 Å². The van der Waals surface area contributed by atoms with Crippen LogP contribution in [0.1, 0.15) is 0 Å². The quantitative estimate of drug-likeness (QED) is 0.628. The Kier molecular flexibility index (Phi) is 3.84. The van der Waals surface area contributed by atoms with Gasteiger partial charge in [0.1, 0.15) is 6.04 Å². The number of nitrogens with zero attached hydrogens (tertiary/aromatic N) is 1. The third-order valence-corrected chi connectivity index (χ3v) is 2.89. The van der Waals surface area contributed by atoms with Crippen LogP contribution in [0.3, 0.4) is 0 Å². The molecule has 5 heteroatoms. The molecule has 0 aromatic heterocycles. The number of carboxylic acid groups (broad SMARTS) is 1. The van der Waals surface area contributed by atoms with Crippen molar-refractivity contribution in [3.63, 3.8) is 0 Å². The van der Waals surface area contributed by atoms with Crippen molar-refractivity contribution in [3.05, 3.63) is 0 Å². The Morgan fingerprint density at radius 1 is 1.50 bits per heavy atom. The number of aliphatic hydroxyl groups is 1. The van der Waals surface area contributed by atoms with Gasteiger partial charge in [-0.25, -0.2) is 0 Å². The Balaban J connectivity index is 2.46. The van der Waals surface area contributed by atoms with Crippen LogP contribution in [0.2, 0.25) is 0 Å². The number of thioether (sulfide) groups is 1. The van der Waals surface area contributed by atoms with E-state index in [0.717, 1.165) is 24.6 Å². The van der Waals surface area contributed by atoms with Crippen LogP contribution in [-0.4, -0.2) is 58.3 Å². The van der Waals surface area contributed by atoms with E-state index in [1.54, 1.807) is 0 Å². The van der Waals surface area contributed by atoms with Crippen LogP contribution >= 0.6 is 11.8 Å². The molecule has 1 atom stereocenters. The van der Waals surface area contributed by atoms with Crippen molar-refractivity contribution < 1.29 is 15.0 Å². The van der Waals surface area contributed by atoms with Gasteiger partial charge in [0.05, 0.1) is 6.61 Å². The molecule has 1 rings (SSSR count). The molecule has 70 valence electrons. The van der Waals surface area contributed by atoms with Gasteiger partial charge in [-0.1, -0.05) is 0 Å². The molecule has 4 nitrogen and oxygen atoms in total. The molecule has 1 fully saturated rings. The van der Waals surface area contributed by atoms with Gasteiger partial charge in [-0.05, 0) is 0 Å². The summed E-state index contributed by atoms with van der Waals surface area (Å²) in [5.41, 5.74) is 0. The second-order valence-electron chi connectivity index (χ2n) is 2.68. The zero-order valence-corrected chi connectivity index (χ0v) is 7.59. The van der Waals surface area contributed by atoms with Gasteiger partial charge in [0.15, 0.2) is 0 Å². The number of hydrogen-bond donors (Lipinski definition) is 2. The first-order valence-corrected chi connectivity index (χ1v) is 5.06. The summed E-state index contributed by atoms with van der Waals surface area (Å²) in [7, 11) is 0. The lowest BCUT2D eigenvalue weighted by Crippen LogP contribution is -2.47. The summed E-state index contributed by atoms with van der Waals surface area (Å²) in [4.78, 5) is 12.4. The first kappa shape index (κ1) is 9.83. The molecular weight excluding hydrogens is 178 g/mol. The number of hydrogen-bond acceptors (Lipinski definition) is 4. The molecule has 0 aromatic carbocycles. The number of aliphatic carboxylic acids is 1. The second kappa shape index (κ2) is 4.69. The van der Waals surface area contributed by atoms with Crippen molar-refractivity contribution in [2.75, 3.05) is 31.2 Å². The Morgan fingerprint density at radius 3 is 2.50 bits per heavy atom. The monoisotopic (exact) mass is 191 g/mol. The van der Waals surface area contributed by atoms with Crippen molar-refractivity contribution in [1.82, 2.24) is 4.90 Å². The molecular formula is C7H13NO3S. The Bertz CT molecular complexity index is 159. The second-order valence-corrected chi connectivity index (χ2v) is 3.91. The summed E-state index contributed by atoms with van der Waals surface area (Å²) in [6.07, 6.45) is 0. The molecule has 1 aliphatic heterocycles. The van der Waals surface area contributed by atoms with Crippen LogP contribution in [0.25, 0.3) is 0 Å². The predicted octanol–water partition coefficient (Wildman–Crippen LogP) is -0.519. The van der Waals surface area contributed by atoms with Crippen LogP contribution in [0.15, 0.2) is 0 Å². The normalized spacial score (nSPS) is 22.1. The van der Waals surface area contributed by atoms with Crippen molar-refractivity contribution >= 4 is 17.7 Å². The molecule has 1 saturated heterocycles. The average molecular weight is 191 g/mol. The maximum atomic E-state index is 10.6. The van der Waals surface area contributed by atoms with Crippen LogP contribution in [-0.2, 0) is 4.79 Å². The van der Waals surface area contributed by atoms with Crippen molar-refractivity contribution in [2.24, 2.45) is 0 Å². The minimum absolute atomic E-state index is 0.292. The molecule has 0 saturated carbocycles. The number of carboxylic acids is 1. The summed E-state index contributed by atoms with van der Waals surface area (Å²) in [5, 5.41) is 17.5. The highest BCUT2D eigenvalue weighted by molar-refractivity contribution is 7.99. The molecule has 0 spiro atoms. The number of aliphatic hydroxyl groups excluding tert-OH is 1. The van der Waals surface area contributed by atoms with E-state index in [4.69, 9.17) is 10.2 Å². The zero-order valence-electron chi connectivity index (χ0n) is 6.77. The lowest BCUT2D eigenvalue weighted by Gasteiger charge is -2.30. The molecule has 0 radical (unpaired) electrons. The average Bonchev–Trinajstić information content (AvgIpc) is 2.07. The van der Waals surface area contributed by atoms with E-state index in [9.17, 15) is 4.79 Å². The molecule has 12 heavy (non-hydrogen) atoms. The fourth-order valence-electron chi connectivity index (χ4n) is 1.24. The molecule has 1 aliphatic rings. The lowest BCUT2D eigenvalue weighted by molar-refractivity contribution is -0.144. The van der Waals surface area contributed by atoms with Crippen LogP contribution in [0.4, 0.5) is 0 Å². The van der Waals surface area contributed by atoms with E-state index in [2.05, 4.69) is 0 Å². The standard InChI is InChI=1S/C7H13NO3S/c9-5-6(7(10)11)8-1-3-12-4-2-8/h6,9H,1-5H2,(H,10,11)/t6-/m1/s1. The smallest absolute Gasteiger partial charge is 0.323 e. The largest absolute Gasteiger partial charge is 0.480 e.